The number of anilines is 1. The van der Waals surface area contributed by atoms with Crippen LogP contribution in [0.4, 0.5) is 5.82 Å². The number of aliphatic hydroxyl groups excluding tert-OH is 2. The number of aromatic nitrogens is 2. The lowest BCUT2D eigenvalue weighted by molar-refractivity contribution is 0.108. The predicted molar refractivity (Wildman–Crippen MR) is 186 cm³/mol. The van der Waals surface area contributed by atoms with E-state index in [1.54, 1.807) is 6.07 Å². The van der Waals surface area contributed by atoms with Gasteiger partial charge in [-0.1, -0.05) is 12.1 Å². The van der Waals surface area contributed by atoms with Gasteiger partial charge in [-0.15, -0.1) is 0 Å². The molecule has 2 aromatic heterocycles. The molecule has 0 amide bonds. The first-order valence-corrected chi connectivity index (χ1v) is 17.0. The number of ether oxygens (including phenoxy) is 2. The summed E-state index contributed by atoms with van der Waals surface area (Å²) in [7, 11) is 0. The van der Waals surface area contributed by atoms with Crippen molar-refractivity contribution in [3.8, 4) is 22.9 Å². The minimum Gasteiger partial charge on any atom is -0.494 e. The molecule has 2 aliphatic rings. The Balaban J connectivity index is 1.07. The van der Waals surface area contributed by atoms with Gasteiger partial charge in [0.05, 0.1) is 31.9 Å². The van der Waals surface area contributed by atoms with E-state index in [1.807, 2.05) is 36.4 Å². The van der Waals surface area contributed by atoms with E-state index in [2.05, 4.69) is 24.6 Å². The average Bonchev–Trinajstić information content (AvgIpc) is 3.10. The minimum absolute atomic E-state index is 0.0635. The van der Waals surface area contributed by atoms with Gasteiger partial charge in [0.15, 0.2) is 5.82 Å². The molecule has 0 spiro atoms. The maximum absolute atomic E-state index is 13.0. The average molecular weight is 662 g/mol. The molecule has 2 aliphatic heterocycles. The van der Waals surface area contributed by atoms with Crippen molar-refractivity contribution in [3.05, 3.63) is 52.9 Å². The van der Waals surface area contributed by atoms with E-state index >= 15 is 0 Å². The summed E-state index contributed by atoms with van der Waals surface area (Å²) >= 11 is 0. The molecular formula is C35H47N7O6. The van der Waals surface area contributed by atoms with Crippen LogP contribution in [0.5, 0.6) is 11.5 Å². The predicted octanol–water partition coefficient (Wildman–Crippen LogP) is 1.74. The van der Waals surface area contributed by atoms with Crippen molar-refractivity contribution in [2.75, 3.05) is 111 Å². The Morgan fingerprint density at radius 2 is 1.29 bits per heavy atom. The van der Waals surface area contributed by atoms with E-state index in [4.69, 9.17) is 34.8 Å². The highest BCUT2D eigenvalue weighted by Crippen LogP contribution is 2.30. The molecule has 258 valence electrons. The molecule has 0 bridgehead atoms. The van der Waals surface area contributed by atoms with Crippen LogP contribution >= 0.6 is 0 Å². The van der Waals surface area contributed by atoms with E-state index in [0.717, 1.165) is 96.9 Å². The number of nitrogens with zero attached hydrogens (tertiary/aromatic N) is 6. The number of fused-ring (bicyclic) bond motifs is 3. The Hall–Kier alpha value is -3.85. The molecular weight excluding hydrogens is 614 g/mol. The summed E-state index contributed by atoms with van der Waals surface area (Å²) in [6.45, 7) is 12.8. The van der Waals surface area contributed by atoms with Crippen molar-refractivity contribution in [2.45, 2.75) is 12.8 Å². The number of β-amino-alcohol motifs (C(OH)–C–C–N with tert-alkyl or cyclic N) is 2. The Kier molecular flexibility index (Phi) is 11.7. The van der Waals surface area contributed by atoms with E-state index in [0.29, 0.717) is 47.0 Å². The van der Waals surface area contributed by atoms with Crippen LogP contribution in [0, 0.1) is 0 Å². The van der Waals surface area contributed by atoms with Gasteiger partial charge < -0.3 is 39.6 Å². The van der Waals surface area contributed by atoms with Crippen molar-refractivity contribution < 1.29 is 24.1 Å². The van der Waals surface area contributed by atoms with Crippen LogP contribution in [0.1, 0.15) is 12.8 Å². The Labute approximate surface area is 280 Å². The van der Waals surface area contributed by atoms with Gasteiger partial charge in [0.1, 0.15) is 28.3 Å². The van der Waals surface area contributed by atoms with Gasteiger partial charge in [-0.25, -0.2) is 14.8 Å². The number of aliphatic hydroxyl groups is 2. The standard InChI is InChI=1S/C35H47N7O6/c36-33-31-32(29-7-6-28(25-30(29)48-35(31)45)47-23-3-9-40-12-16-42(17-13-40)19-21-44)37-34(38-33)26-4-1-5-27(24-26)46-22-2-8-39-10-14-41(15-11-39)18-20-43/h1,4-7,24-25,43-44H,2-3,8-23H2,(H2,36,37,38). The Morgan fingerprint density at radius 1 is 0.729 bits per heavy atom. The molecule has 13 nitrogen and oxygen atoms in total. The molecule has 0 radical (unpaired) electrons. The van der Waals surface area contributed by atoms with Gasteiger partial charge >= 0.3 is 5.63 Å². The molecule has 2 saturated heterocycles. The van der Waals surface area contributed by atoms with Crippen LogP contribution in [-0.2, 0) is 0 Å². The summed E-state index contributed by atoms with van der Waals surface area (Å²) in [4.78, 5) is 31.7. The van der Waals surface area contributed by atoms with E-state index in [9.17, 15) is 4.79 Å². The van der Waals surface area contributed by atoms with Crippen molar-refractivity contribution in [3.63, 3.8) is 0 Å². The largest absolute Gasteiger partial charge is 0.494 e. The number of hydrogen-bond acceptors (Lipinski definition) is 13. The first-order valence-electron chi connectivity index (χ1n) is 17.0. The Bertz CT molecular complexity index is 1700. The lowest BCUT2D eigenvalue weighted by Crippen LogP contribution is -2.47. The molecule has 13 heteroatoms. The number of piperazine rings is 2. The SMILES string of the molecule is Nc1nc(-c2cccc(OCCCN3CCN(CCO)CC3)c2)nc2c1c(=O)oc1cc(OCCCN3CCN(CCO)CC3)ccc12. The maximum Gasteiger partial charge on any atom is 0.349 e. The minimum atomic E-state index is -0.592. The van der Waals surface area contributed by atoms with Crippen molar-refractivity contribution in [2.24, 2.45) is 0 Å². The summed E-state index contributed by atoms with van der Waals surface area (Å²) in [5.74, 6) is 1.80. The van der Waals surface area contributed by atoms with Crippen molar-refractivity contribution in [1.29, 1.82) is 0 Å². The number of benzene rings is 2. The zero-order chi connectivity index (χ0) is 33.3. The second-order valence-electron chi connectivity index (χ2n) is 12.4. The maximum atomic E-state index is 13.0. The van der Waals surface area contributed by atoms with Gasteiger partial charge in [0.25, 0.3) is 0 Å². The van der Waals surface area contributed by atoms with E-state index < -0.39 is 5.63 Å². The zero-order valence-electron chi connectivity index (χ0n) is 27.6. The van der Waals surface area contributed by atoms with Crippen LogP contribution in [0.25, 0.3) is 33.3 Å². The number of nitrogen functional groups attached to an aromatic ring is 1. The smallest absolute Gasteiger partial charge is 0.349 e. The monoisotopic (exact) mass is 661 g/mol. The quantitative estimate of drug-likeness (QED) is 0.0964. The second kappa shape index (κ2) is 16.5. The van der Waals surface area contributed by atoms with Crippen LogP contribution in [0.15, 0.2) is 51.7 Å². The highest BCUT2D eigenvalue weighted by atomic mass is 16.5. The van der Waals surface area contributed by atoms with Gasteiger partial charge in [0.2, 0.25) is 0 Å². The topological polar surface area (TPSA) is 154 Å². The highest BCUT2D eigenvalue weighted by molar-refractivity contribution is 6.05. The molecule has 0 atom stereocenters. The molecule has 48 heavy (non-hydrogen) atoms. The van der Waals surface area contributed by atoms with E-state index in [1.165, 1.54) is 0 Å². The zero-order valence-corrected chi connectivity index (χ0v) is 27.6. The highest BCUT2D eigenvalue weighted by Gasteiger charge is 2.19. The molecule has 4 aromatic rings. The van der Waals surface area contributed by atoms with Gasteiger partial charge in [0, 0.05) is 95.6 Å². The van der Waals surface area contributed by atoms with E-state index in [-0.39, 0.29) is 24.4 Å². The lowest BCUT2D eigenvalue weighted by atomic mass is 10.1. The van der Waals surface area contributed by atoms with Crippen LogP contribution < -0.4 is 20.8 Å². The number of rotatable bonds is 15. The molecule has 4 N–H and O–H groups in total. The lowest BCUT2D eigenvalue weighted by Gasteiger charge is -2.34. The normalized spacial score (nSPS) is 17.0. The van der Waals surface area contributed by atoms with Gasteiger partial charge in [-0.2, -0.15) is 0 Å². The van der Waals surface area contributed by atoms with Crippen molar-refractivity contribution >= 4 is 27.7 Å². The number of nitrogens with two attached hydrogens (primary N) is 1. The molecule has 4 heterocycles. The van der Waals surface area contributed by atoms with Crippen molar-refractivity contribution in [1.82, 2.24) is 29.6 Å². The molecule has 0 saturated carbocycles. The molecule has 0 unspecified atom stereocenters. The summed E-state index contributed by atoms with van der Waals surface area (Å²) in [6, 6.07) is 13.0. The fourth-order valence-corrected chi connectivity index (χ4v) is 6.46. The third kappa shape index (κ3) is 8.59. The molecule has 6 rings (SSSR count). The van der Waals surface area contributed by atoms with Crippen LogP contribution in [0.2, 0.25) is 0 Å². The summed E-state index contributed by atoms with van der Waals surface area (Å²) in [5.41, 5.74) is 7.26. The van der Waals surface area contributed by atoms with Gasteiger partial charge in [-0.05, 0) is 37.1 Å². The van der Waals surface area contributed by atoms with Crippen LogP contribution in [0.3, 0.4) is 0 Å². The molecule has 0 aliphatic carbocycles. The third-order valence-electron chi connectivity index (χ3n) is 9.18. The molecule has 2 aromatic carbocycles. The third-order valence-corrected chi connectivity index (χ3v) is 9.18. The first-order chi connectivity index (χ1) is 23.5. The number of hydrogen-bond donors (Lipinski definition) is 3. The fourth-order valence-electron chi connectivity index (χ4n) is 6.46. The Morgan fingerprint density at radius 3 is 1.88 bits per heavy atom. The second-order valence-corrected chi connectivity index (χ2v) is 12.4. The van der Waals surface area contributed by atoms with Crippen LogP contribution in [-0.4, -0.2) is 145 Å². The molecule has 2 fully saturated rings. The summed E-state index contributed by atoms with van der Waals surface area (Å²) in [5, 5.41) is 19.1. The van der Waals surface area contributed by atoms with Gasteiger partial charge in [-0.3, -0.25) is 9.80 Å². The fraction of sp³-hybridized carbons (Fsp3) is 0.514. The first kappa shape index (κ1) is 34.0. The summed E-state index contributed by atoms with van der Waals surface area (Å²) < 4.78 is 17.7. The summed E-state index contributed by atoms with van der Waals surface area (Å²) in [6.07, 6.45) is 1.78.